The predicted octanol–water partition coefficient (Wildman–Crippen LogP) is 2.96. The Bertz CT molecular complexity index is 424. The molecule has 0 aromatic carbocycles. The summed E-state index contributed by atoms with van der Waals surface area (Å²) in [5.74, 6) is 0. The van der Waals surface area contributed by atoms with Crippen LogP contribution in [0.15, 0.2) is 28.0 Å². The Morgan fingerprint density at radius 1 is 1.40 bits per heavy atom. The number of aromatic nitrogens is 1. The molecule has 15 heavy (non-hydrogen) atoms. The van der Waals surface area contributed by atoms with Crippen LogP contribution >= 0.6 is 0 Å². The number of aryl methyl sites for hydroxylation is 2. The van der Waals surface area contributed by atoms with E-state index in [4.69, 9.17) is 0 Å². The SMILES string of the molecule is CCC1=[C]([Ru][c]2cc(C)[nH]c2C)CC=C1. The summed E-state index contributed by atoms with van der Waals surface area (Å²) in [7, 11) is 0. The molecule has 1 aliphatic rings. The normalized spacial score (nSPS) is 15.7. The Kier molecular flexibility index (Phi) is 3.26. The maximum atomic E-state index is 3.39. The van der Waals surface area contributed by atoms with E-state index >= 15 is 0 Å². The van der Waals surface area contributed by atoms with Crippen LogP contribution in [0.25, 0.3) is 0 Å². The minimum atomic E-state index is 0.254. The summed E-state index contributed by atoms with van der Waals surface area (Å²) in [6, 6.07) is 2.31. The molecule has 82 valence electrons. The number of allylic oxidation sites excluding steroid dienone is 4. The molecule has 0 amide bonds. The number of rotatable bonds is 3. The van der Waals surface area contributed by atoms with Crippen molar-refractivity contribution >= 4 is 4.16 Å². The average Bonchev–Trinajstić information content (AvgIpc) is 2.74. The Labute approximate surface area is 99.3 Å². The molecule has 2 rings (SSSR count). The molecule has 2 heteroatoms. The average molecular weight is 288 g/mol. The second kappa shape index (κ2) is 4.49. The van der Waals surface area contributed by atoms with Gasteiger partial charge in [0.25, 0.3) is 0 Å². The van der Waals surface area contributed by atoms with Gasteiger partial charge in [-0.3, -0.25) is 0 Å². The Morgan fingerprint density at radius 3 is 2.80 bits per heavy atom. The molecule has 1 aromatic heterocycles. The summed E-state index contributed by atoms with van der Waals surface area (Å²) < 4.78 is 3.23. The van der Waals surface area contributed by atoms with Crippen LogP contribution in [0.4, 0.5) is 0 Å². The summed E-state index contributed by atoms with van der Waals surface area (Å²) in [6.45, 7) is 6.57. The number of nitrogens with one attached hydrogen (secondary N) is 1. The number of hydrogen-bond acceptors (Lipinski definition) is 0. The number of H-pyrrole nitrogens is 1. The quantitative estimate of drug-likeness (QED) is 0.823. The Morgan fingerprint density at radius 2 is 2.20 bits per heavy atom. The minimum absolute atomic E-state index is 0.254. The van der Waals surface area contributed by atoms with Crippen LogP contribution in [-0.4, -0.2) is 4.98 Å². The second-order valence-corrected chi connectivity index (χ2v) is 6.30. The van der Waals surface area contributed by atoms with Crippen molar-refractivity contribution < 1.29 is 17.1 Å². The molecule has 1 nitrogen and oxygen atoms in total. The van der Waals surface area contributed by atoms with Crippen LogP contribution < -0.4 is 4.16 Å². The van der Waals surface area contributed by atoms with Crippen LogP contribution in [0, 0.1) is 13.8 Å². The number of aromatic amines is 1. The molecular weight excluding hydrogens is 271 g/mol. The molecule has 0 atom stereocenters. The van der Waals surface area contributed by atoms with Crippen LogP contribution in [0.1, 0.15) is 31.2 Å². The standard InChI is InChI=1S/C7H9.C6H8N.Ru/c1-2-7-5-3-4-6-7;1-5-3-4-6(2)7-5;/h3,5H,2,4H2,1H3;3,7H,1-2H3;. The fourth-order valence-corrected chi connectivity index (χ4v) is 4.42. The van der Waals surface area contributed by atoms with E-state index in [2.05, 4.69) is 44.0 Å². The van der Waals surface area contributed by atoms with E-state index in [-0.39, 0.29) is 17.1 Å². The van der Waals surface area contributed by atoms with Gasteiger partial charge in [-0.15, -0.1) is 0 Å². The maximum absolute atomic E-state index is 3.39. The van der Waals surface area contributed by atoms with Crippen molar-refractivity contribution in [1.82, 2.24) is 4.98 Å². The van der Waals surface area contributed by atoms with Crippen LogP contribution in [-0.2, 0) is 17.1 Å². The first-order valence-electron chi connectivity index (χ1n) is 5.38. The fourth-order valence-electron chi connectivity index (χ4n) is 1.81. The van der Waals surface area contributed by atoms with Crippen molar-refractivity contribution in [2.24, 2.45) is 0 Å². The zero-order chi connectivity index (χ0) is 10.8. The summed E-state index contributed by atoms with van der Waals surface area (Å²) >= 11 is 0.254. The van der Waals surface area contributed by atoms with Crippen LogP contribution in [0.5, 0.6) is 0 Å². The third-order valence-electron chi connectivity index (χ3n) is 2.61. The molecule has 1 N–H and O–H groups in total. The molecule has 0 saturated carbocycles. The Hall–Kier alpha value is -0.617. The van der Waals surface area contributed by atoms with Gasteiger partial charge in [0.1, 0.15) is 0 Å². The summed E-state index contributed by atoms with van der Waals surface area (Å²) in [6.07, 6.45) is 6.98. The summed E-state index contributed by atoms with van der Waals surface area (Å²) in [4.78, 5) is 3.39. The van der Waals surface area contributed by atoms with Gasteiger partial charge in [0.2, 0.25) is 0 Å². The molecule has 0 saturated heterocycles. The van der Waals surface area contributed by atoms with E-state index in [1.54, 1.807) is 13.9 Å². The van der Waals surface area contributed by atoms with Crippen molar-refractivity contribution in [2.75, 3.05) is 0 Å². The predicted molar refractivity (Wildman–Crippen MR) is 61.0 cm³/mol. The molecular formula is C13H17NRu. The van der Waals surface area contributed by atoms with Crippen molar-refractivity contribution in [3.05, 3.63) is 39.3 Å². The van der Waals surface area contributed by atoms with E-state index in [1.165, 1.54) is 24.2 Å². The molecule has 0 spiro atoms. The van der Waals surface area contributed by atoms with E-state index in [0.29, 0.717) is 0 Å². The van der Waals surface area contributed by atoms with Gasteiger partial charge in [-0.2, -0.15) is 0 Å². The van der Waals surface area contributed by atoms with E-state index in [9.17, 15) is 0 Å². The molecule has 0 radical (unpaired) electrons. The summed E-state index contributed by atoms with van der Waals surface area (Å²) in [5.41, 5.74) is 4.23. The zero-order valence-corrected chi connectivity index (χ0v) is 11.2. The first-order valence-corrected chi connectivity index (χ1v) is 7.11. The topological polar surface area (TPSA) is 15.8 Å². The Balaban J connectivity index is 2.19. The third kappa shape index (κ3) is 2.31. The van der Waals surface area contributed by atoms with Gasteiger partial charge in [0.15, 0.2) is 0 Å². The van der Waals surface area contributed by atoms with E-state index < -0.39 is 0 Å². The van der Waals surface area contributed by atoms with Gasteiger partial charge in [-0.05, 0) is 0 Å². The van der Waals surface area contributed by atoms with Crippen molar-refractivity contribution in [2.45, 2.75) is 33.6 Å². The van der Waals surface area contributed by atoms with Crippen molar-refractivity contribution in [1.29, 1.82) is 0 Å². The van der Waals surface area contributed by atoms with Gasteiger partial charge >= 0.3 is 99.2 Å². The number of hydrogen-bond donors (Lipinski definition) is 1. The van der Waals surface area contributed by atoms with Crippen molar-refractivity contribution in [3.8, 4) is 0 Å². The van der Waals surface area contributed by atoms with Crippen LogP contribution in [0.2, 0.25) is 0 Å². The molecule has 0 bridgehead atoms. The van der Waals surface area contributed by atoms with Gasteiger partial charge < -0.3 is 0 Å². The van der Waals surface area contributed by atoms with E-state index in [1.807, 2.05) is 0 Å². The molecule has 1 aliphatic carbocycles. The second-order valence-electron chi connectivity index (χ2n) is 3.88. The summed E-state index contributed by atoms with van der Waals surface area (Å²) in [5, 5.41) is 0. The van der Waals surface area contributed by atoms with E-state index in [0.717, 1.165) is 0 Å². The molecule has 1 aromatic rings. The fraction of sp³-hybridized carbons (Fsp3) is 0.385. The molecule has 0 fully saturated rings. The molecule has 0 unspecified atom stereocenters. The van der Waals surface area contributed by atoms with Gasteiger partial charge in [0, 0.05) is 0 Å². The van der Waals surface area contributed by atoms with Crippen LogP contribution in [0.3, 0.4) is 0 Å². The van der Waals surface area contributed by atoms with Crippen molar-refractivity contribution in [3.63, 3.8) is 0 Å². The first-order chi connectivity index (χ1) is 7.20. The molecule has 1 heterocycles. The van der Waals surface area contributed by atoms with Gasteiger partial charge in [-0.1, -0.05) is 0 Å². The zero-order valence-electron chi connectivity index (χ0n) is 9.50. The monoisotopic (exact) mass is 289 g/mol. The first kappa shape index (κ1) is 10.9. The molecule has 0 aliphatic heterocycles. The third-order valence-corrected chi connectivity index (χ3v) is 5.42. The van der Waals surface area contributed by atoms with Gasteiger partial charge in [0.05, 0.1) is 0 Å². The van der Waals surface area contributed by atoms with Gasteiger partial charge in [-0.25, -0.2) is 0 Å².